The summed E-state index contributed by atoms with van der Waals surface area (Å²) in [4.78, 5) is 13.2. The van der Waals surface area contributed by atoms with E-state index in [1.807, 2.05) is 0 Å². The van der Waals surface area contributed by atoms with E-state index < -0.39 is 11.6 Å². The lowest BCUT2D eigenvalue weighted by Crippen LogP contribution is -2.34. The van der Waals surface area contributed by atoms with E-state index >= 15 is 0 Å². The van der Waals surface area contributed by atoms with Crippen LogP contribution in [0.25, 0.3) is 0 Å². The number of rotatable bonds is 3. The zero-order chi connectivity index (χ0) is 13.1. The molecule has 96 valence electrons. The van der Waals surface area contributed by atoms with Gasteiger partial charge in [-0.25, -0.2) is 8.78 Å². The van der Waals surface area contributed by atoms with Gasteiger partial charge in [0.1, 0.15) is 17.4 Å². The molecule has 3 nitrogen and oxygen atoms in total. The normalized spacial score (nSPS) is 15.6. The summed E-state index contributed by atoms with van der Waals surface area (Å²) < 4.78 is 31.2. The number of amides is 1. The van der Waals surface area contributed by atoms with Crippen molar-refractivity contribution in [1.82, 2.24) is 4.90 Å². The Balaban J connectivity index is 2.11. The van der Waals surface area contributed by atoms with Gasteiger partial charge in [-0.05, 0) is 6.07 Å². The number of benzene rings is 1. The minimum atomic E-state index is -0.635. The molecule has 18 heavy (non-hydrogen) atoms. The summed E-state index contributed by atoms with van der Waals surface area (Å²) in [5.41, 5.74) is 0.305. The lowest BCUT2D eigenvalue weighted by Gasteiger charge is -2.26. The molecule has 1 amide bonds. The van der Waals surface area contributed by atoms with Gasteiger partial charge < -0.3 is 9.64 Å². The highest BCUT2D eigenvalue weighted by atomic mass is 19.1. The molecule has 0 bridgehead atoms. The van der Waals surface area contributed by atoms with E-state index in [0.29, 0.717) is 24.3 Å². The van der Waals surface area contributed by atoms with Crippen molar-refractivity contribution >= 4 is 5.91 Å². The summed E-state index contributed by atoms with van der Waals surface area (Å²) in [6.45, 7) is 0.605. The zero-order valence-corrected chi connectivity index (χ0v) is 9.95. The molecule has 1 aliphatic rings. The van der Waals surface area contributed by atoms with Gasteiger partial charge in [-0.1, -0.05) is 6.07 Å². The predicted molar refractivity (Wildman–Crippen MR) is 61.5 cm³/mol. The fraction of sp³-hybridized carbons (Fsp3) is 0.308. The molecule has 1 heterocycles. The monoisotopic (exact) mass is 253 g/mol. The summed E-state index contributed by atoms with van der Waals surface area (Å²) >= 11 is 0. The summed E-state index contributed by atoms with van der Waals surface area (Å²) in [6.07, 6.45) is 2.00. The van der Waals surface area contributed by atoms with Crippen LogP contribution in [-0.2, 0) is 16.1 Å². The van der Waals surface area contributed by atoms with E-state index in [0.717, 1.165) is 6.07 Å². The van der Waals surface area contributed by atoms with Crippen LogP contribution in [0, 0.1) is 11.6 Å². The first-order chi connectivity index (χ1) is 8.60. The van der Waals surface area contributed by atoms with E-state index in [1.165, 1.54) is 30.2 Å². The lowest BCUT2D eigenvalue weighted by molar-refractivity contribution is -0.127. The number of hydrogen-bond donors (Lipinski definition) is 0. The summed E-state index contributed by atoms with van der Waals surface area (Å²) in [6, 6.07) is 3.36. The van der Waals surface area contributed by atoms with Crippen molar-refractivity contribution in [3.05, 3.63) is 47.2 Å². The zero-order valence-electron chi connectivity index (χ0n) is 9.95. The van der Waals surface area contributed by atoms with Gasteiger partial charge in [0.15, 0.2) is 0 Å². The van der Waals surface area contributed by atoms with E-state index in [9.17, 15) is 13.6 Å². The molecule has 0 spiro atoms. The van der Waals surface area contributed by atoms with Gasteiger partial charge in [-0.15, -0.1) is 0 Å². The number of methoxy groups -OCH3 is 1. The van der Waals surface area contributed by atoms with Gasteiger partial charge in [-0.3, -0.25) is 4.79 Å². The Kier molecular flexibility index (Phi) is 3.60. The van der Waals surface area contributed by atoms with E-state index in [-0.39, 0.29) is 12.5 Å². The topological polar surface area (TPSA) is 29.5 Å². The number of halogens is 2. The SMILES string of the molecule is COC1=CC(=O)N(Cc2ccc(F)cc2F)CC1. The maximum absolute atomic E-state index is 13.5. The number of carbonyl (C=O) groups excluding carboxylic acids is 1. The second kappa shape index (κ2) is 5.16. The first-order valence-corrected chi connectivity index (χ1v) is 5.57. The Labute approximate surface area is 104 Å². The van der Waals surface area contributed by atoms with Crippen molar-refractivity contribution in [2.45, 2.75) is 13.0 Å². The molecule has 0 fully saturated rings. The van der Waals surface area contributed by atoms with Crippen molar-refractivity contribution in [2.75, 3.05) is 13.7 Å². The van der Waals surface area contributed by atoms with Crippen molar-refractivity contribution in [2.24, 2.45) is 0 Å². The van der Waals surface area contributed by atoms with Crippen LogP contribution >= 0.6 is 0 Å². The van der Waals surface area contributed by atoms with Gasteiger partial charge >= 0.3 is 0 Å². The quantitative estimate of drug-likeness (QED) is 0.826. The van der Waals surface area contributed by atoms with Crippen molar-refractivity contribution in [3.8, 4) is 0 Å². The van der Waals surface area contributed by atoms with Crippen LogP contribution in [0.5, 0.6) is 0 Å². The molecular weight excluding hydrogens is 240 g/mol. The molecule has 0 aliphatic carbocycles. The predicted octanol–water partition coefficient (Wildman–Crippen LogP) is 2.23. The highest BCUT2D eigenvalue weighted by Crippen LogP contribution is 2.17. The van der Waals surface area contributed by atoms with Gasteiger partial charge in [-0.2, -0.15) is 0 Å². The molecular formula is C13H13F2NO2. The van der Waals surface area contributed by atoms with Gasteiger partial charge in [0.05, 0.1) is 7.11 Å². The Hall–Kier alpha value is -1.91. The highest BCUT2D eigenvalue weighted by molar-refractivity contribution is 5.88. The molecule has 0 aromatic heterocycles. The molecule has 0 saturated heterocycles. The molecule has 0 N–H and O–H groups in total. The van der Waals surface area contributed by atoms with Crippen LogP contribution in [0.15, 0.2) is 30.0 Å². The average molecular weight is 253 g/mol. The summed E-state index contributed by atoms with van der Waals surface area (Å²) in [5.74, 6) is -0.857. The van der Waals surface area contributed by atoms with E-state index in [2.05, 4.69) is 0 Å². The standard InChI is InChI=1S/C13H13F2NO2/c1-18-11-4-5-16(13(17)7-11)8-9-2-3-10(14)6-12(9)15/h2-3,6-7H,4-5,8H2,1H3. The highest BCUT2D eigenvalue weighted by Gasteiger charge is 2.20. The van der Waals surface area contributed by atoms with Crippen LogP contribution in [0.4, 0.5) is 8.78 Å². The van der Waals surface area contributed by atoms with Gasteiger partial charge in [0.2, 0.25) is 5.91 Å². The fourth-order valence-corrected chi connectivity index (χ4v) is 1.83. The molecule has 1 aromatic carbocycles. The van der Waals surface area contributed by atoms with E-state index in [4.69, 9.17) is 4.74 Å². The smallest absolute Gasteiger partial charge is 0.250 e. The molecule has 1 aliphatic heterocycles. The van der Waals surface area contributed by atoms with Gasteiger partial charge in [0, 0.05) is 37.2 Å². The number of nitrogens with zero attached hydrogens (tertiary/aromatic N) is 1. The van der Waals surface area contributed by atoms with Crippen molar-refractivity contribution in [1.29, 1.82) is 0 Å². The largest absolute Gasteiger partial charge is 0.501 e. The molecule has 5 heteroatoms. The molecule has 0 atom stereocenters. The Morgan fingerprint density at radius 2 is 2.17 bits per heavy atom. The van der Waals surface area contributed by atoms with Gasteiger partial charge in [0.25, 0.3) is 0 Å². The Bertz CT molecular complexity index is 500. The maximum atomic E-state index is 13.5. The van der Waals surface area contributed by atoms with Crippen molar-refractivity contribution in [3.63, 3.8) is 0 Å². The van der Waals surface area contributed by atoms with Crippen LogP contribution in [0.1, 0.15) is 12.0 Å². The fourth-order valence-electron chi connectivity index (χ4n) is 1.83. The molecule has 1 aromatic rings. The number of carbonyl (C=O) groups is 1. The van der Waals surface area contributed by atoms with Crippen molar-refractivity contribution < 1.29 is 18.3 Å². The number of hydrogen-bond acceptors (Lipinski definition) is 2. The lowest BCUT2D eigenvalue weighted by atomic mass is 10.1. The van der Waals surface area contributed by atoms with E-state index in [1.54, 1.807) is 0 Å². The molecule has 0 radical (unpaired) electrons. The third kappa shape index (κ3) is 2.67. The maximum Gasteiger partial charge on any atom is 0.250 e. The second-order valence-corrected chi connectivity index (χ2v) is 4.06. The third-order valence-corrected chi connectivity index (χ3v) is 2.86. The second-order valence-electron chi connectivity index (χ2n) is 4.06. The summed E-state index contributed by atoms with van der Waals surface area (Å²) in [7, 11) is 1.51. The minimum Gasteiger partial charge on any atom is -0.501 e. The van der Waals surface area contributed by atoms with Crippen LogP contribution in [0.3, 0.4) is 0 Å². The Morgan fingerprint density at radius 3 is 2.78 bits per heavy atom. The summed E-state index contributed by atoms with van der Waals surface area (Å²) in [5, 5.41) is 0. The Morgan fingerprint density at radius 1 is 1.39 bits per heavy atom. The van der Waals surface area contributed by atoms with Crippen LogP contribution in [0.2, 0.25) is 0 Å². The minimum absolute atomic E-state index is 0.137. The van der Waals surface area contributed by atoms with Crippen LogP contribution < -0.4 is 0 Å². The first kappa shape index (κ1) is 12.5. The van der Waals surface area contributed by atoms with Crippen LogP contribution in [-0.4, -0.2) is 24.5 Å². The number of ether oxygens (including phenoxy) is 1. The molecule has 0 unspecified atom stereocenters. The first-order valence-electron chi connectivity index (χ1n) is 5.57. The third-order valence-electron chi connectivity index (χ3n) is 2.86. The molecule has 2 rings (SSSR count). The molecule has 0 saturated carbocycles. The average Bonchev–Trinajstić information content (AvgIpc) is 2.34.